The smallest absolute Gasteiger partial charge is 0.279 e. The second-order valence-corrected chi connectivity index (χ2v) is 7.51. The molecule has 0 spiro atoms. The van der Waals surface area contributed by atoms with Crippen molar-refractivity contribution in [2.75, 3.05) is 6.54 Å². The first kappa shape index (κ1) is 20.5. The number of benzene rings is 2. The molecule has 0 saturated carbocycles. The van der Waals surface area contributed by atoms with E-state index >= 15 is 0 Å². The maximum Gasteiger partial charge on any atom is 0.279 e. The number of carbonyl (C=O) groups excluding carboxylic acids is 1. The molecule has 10 nitrogen and oxygen atoms in total. The van der Waals surface area contributed by atoms with Crippen molar-refractivity contribution in [2.45, 2.75) is 19.9 Å². The van der Waals surface area contributed by atoms with E-state index in [2.05, 4.69) is 5.16 Å². The van der Waals surface area contributed by atoms with Gasteiger partial charge in [-0.15, -0.1) is 0 Å². The Labute approximate surface area is 180 Å². The molecule has 4 rings (SSSR count). The van der Waals surface area contributed by atoms with Crippen LogP contribution >= 0.6 is 11.6 Å². The van der Waals surface area contributed by atoms with Gasteiger partial charge >= 0.3 is 0 Å². The summed E-state index contributed by atoms with van der Waals surface area (Å²) >= 11 is 5.93. The largest absolute Gasteiger partial charge is 0.356 e. The van der Waals surface area contributed by atoms with Crippen LogP contribution < -0.4 is 0 Å². The van der Waals surface area contributed by atoms with E-state index in [1.807, 2.05) is 12.1 Å². The zero-order valence-corrected chi connectivity index (χ0v) is 17.0. The highest BCUT2D eigenvalue weighted by Gasteiger charge is 2.31. The predicted molar refractivity (Wildman–Crippen MR) is 110 cm³/mol. The Kier molecular flexibility index (Phi) is 5.15. The van der Waals surface area contributed by atoms with Crippen molar-refractivity contribution in [1.82, 2.24) is 10.1 Å². The summed E-state index contributed by atoms with van der Waals surface area (Å²) < 4.78 is 5.48. The molecule has 2 aromatic carbocycles. The molecule has 3 aromatic rings. The predicted octanol–water partition coefficient (Wildman–Crippen LogP) is 4.32. The van der Waals surface area contributed by atoms with Gasteiger partial charge in [0.1, 0.15) is 11.3 Å². The Bertz CT molecular complexity index is 1190. The molecule has 2 heterocycles. The average Bonchev–Trinajstić information content (AvgIpc) is 3.16. The van der Waals surface area contributed by atoms with Crippen molar-refractivity contribution >= 4 is 28.9 Å². The van der Waals surface area contributed by atoms with Gasteiger partial charge in [0.05, 0.1) is 22.0 Å². The average molecular weight is 443 g/mol. The van der Waals surface area contributed by atoms with Crippen molar-refractivity contribution in [3.63, 3.8) is 0 Å². The first-order chi connectivity index (χ1) is 14.8. The highest BCUT2D eigenvalue weighted by atomic mass is 35.5. The molecule has 1 aliphatic rings. The van der Waals surface area contributed by atoms with Crippen molar-refractivity contribution in [3.05, 3.63) is 84.0 Å². The first-order valence-electron chi connectivity index (χ1n) is 9.22. The second kappa shape index (κ2) is 7.80. The van der Waals surface area contributed by atoms with Gasteiger partial charge in [-0.25, -0.2) is 0 Å². The van der Waals surface area contributed by atoms with Crippen LogP contribution in [-0.4, -0.2) is 32.4 Å². The van der Waals surface area contributed by atoms with Crippen LogP contribution in [0.15, 0.2) is 40.9 Å². The van der Waals surface area contributed by atoms with E-state index in [0.29, 0.717) is 29.4 Å². The van der Waals surface area contributed by atoms with Gasteiger partial charge in [0, 0.05) is 34.8 Å². The van der Waals surface area contributed by atoms with Crippen molar-refractivity contribution in [2.24, 2.45) is 0 Å². The third-order valence-corrected chi connectivity index (χ3v) is 5.48. The fraction of sp³-hybridized carbons (Fsp3) is 0.200. The SMILES string of the molecule is Cc1c([N+](=O)[O-])cc(C(=O)N2CCc3c(noc3-c3ccc(Cl)cc3)C2)cc1[N+](=O)[O-]. The molecule has 0 fully saturated rings. The van der Waals surface area contributed by atoms with Crippen LogP contribution in [0.2, 0.25) is 5.02 Å². The molecule has 1 aliphatic heterocycles. The number of nitro benzene ring substituents is 2. The number of rotatable bonds is 4. The number of halogens is 1. The summed E-state index contributed by atoms with van der Waals surface area (Å²) in [6.45, 7) is 1.72. The first-order valence-corrected chi connectivity index (χ1v) is 9.60. The lowest BCUT2D eigenvalue weighted by atomic mass is 9.99. The summed E-state index contributed by atoms with van der Waals surface area (Å²) in [5, 5.41) is 27.3. The number of hydrogen-bond acceptors (Lipinski definition) is 7. The van der Waals surface area contributed by atoms with Gasteiger partial charge in [-0.3, -0.25) is 25.0 Å². The monoisotopic (exact) mass is 442 g/mol. The van der Waals surface area contributed by atoms with Gasteiger partial charge < -0.3 is 9.42 Å². The second-order valence-electron chi connectivity index (χ2n) is 7.07. The van der Waals surface area contributed by atoms with E-state index in [4.69, 9.17) is 16.1 Å². The van der Waals surface area contributed by atoms with Crippen LogP contribution in [0.25, 0.3) is 11.3 Å². The maximum absolute atomic E-state index is 13.0. The third kappa shape index (κ3) is 3.73. The number of aromatic nitrogens is 1. The van der Waals surface area contributed by atoms with Crippen LogP contribution in [0.3, 0.4) is 0 Å². The lowest BCUT2D eigenvalue weighted by Gasteiger charge is -2.26. The molecule has 0 unspecified atom stereocenters. The van der Waals surface area contributed by atoms with Crippen LogP contribution in [0.1, 0.15) is 27.2 Å². The zero-order chi connectivity index (χ0) is 22.3. The van der Waals surface area contributed by atoms with Gasteiger partial charge in [-0.05, 0) is 37.6 Å². The number of hydrogen-bond donors (Lipinski definition) is 0. The Morgan fingerprint density at radius 2 is 1.74 bits per heavy atom. The third-order valence-electron chi connectivity index (χ3n) is 5.23. The van der Waals surface area contributed by atoms with Gasteiger partial charge in [-0.1, -0.05) is 16.8 Å². The lowest BCUT2D eigenvalue weighted by Crippen LogP contribution is -2.36. The van der Waals surface area contributed by atoms with Crippen LogP contribution in [0.4, 0.5) is 11.4 Å². The summed E-state index contributed by atoms with van der Waals surface area (Å²) in [4.78, 5) is 35.6. The summed E-state index contributed by atoms with van der Waals surface area (Å²) in [7, 11) is 0. The maximum atomic E-state index is 13.0. The van der Waals surface area contributed by atoms with E-state index in [1.165, 1.54) is 11.8 Å². The molecule has 0 aliphatic carbocycles. The van der Waals surface area contributed by atoms with Crippen molar-refractivity contribution in [3.8, 4) is 11.3 Å². The Hall–Kier alpha value is -3.79. The Morgan fingerprint density at radius 3 is 2.32 bits per heavy atom. The molecule has 0 N–H and O–H groups in total. The molecule has 0 bridgehead atoms. The van der Waals surface area contributed by atoms with Gasteiger partial charge in [-0.2, -0.15) is 0 Å². The van der Waals surface area contributed by atoms with E-state index in [1.54, 1.807) is 12.1 Å². The minimum Gasteiger partial charge on any atom is -0.356 e. The van der Waals surface area contributed by atoms with Crippen molar-refractivity contribution in [1.29, 1.82) is 0 Å². The highest BCUT2D eigenvalue weighted by Crippen LogP contribution is 2.33. The van der Waals surface area contributed by atoms with Crippen LogP contribution in [0.5, 0.6) is 0 Å². The summed E-state index contributed by atoms with van der Waals surface area (Å²) in [6, 6.07) is 9.24. The number of fused-ring (bicyclic) bond motifs is 1. The highest BCUT2D eigenvalue weighted by molar-refractivity contribution is 6.30. The van der Waals surface area contributed by atoms with E-state index in [0.717, 1.165) is 23.3 Å². The molecule has 0 atom stereocenters. The minimum atomic E-state index is -0.733. The molecular weight excluding hydrogens is 428 g/mol. The van der Waals surface area contributed by atoms with Gasteiger partial charge in [0.25, 0.3) is 17.3 Å². The molecule has 0 saturated heterocycles. The van der Waals surface area contributed by atoms with E-state index in [9.17, 15) is 25.0 Å². The van der Waals surface area contributed by atoms with Gasteiger partial charge in [0.2, 0.25) is 0 Å². The molecule has 1 amide bonds. The normalized spacial score (nSPS) is 13.0. The number of nitrogens with zero attached hydrogens (tertiary/aromatic N) is 4. The number of nitro groups is 2. The van der Waals surface area contributed by atoms with Crippen molar-refractivity contribution < 1.29 is 19.2 Å². The van der Waals surface area contributed by atoms with E-state index in [-0.39, 0.29) is 17.7 Å². The fourth-order valence-corrected chi connectivity index (χ4v) is 3.73. The summed E-state index contributed by atoms with van der Waals surface area (Å²) in [5.41, 5.74) is 1.09. The topological polar surface area (TPSA) is 133 Å². The quantitative estimate of drug-likeness (QED) is 0.434. The molecule has 11 heteroatoms. The zero-order valence-electron chi connectivity index (χ0n) is 16.2. The standard InChI is InChI=1S/C20H15ClN4O6/c1-11-17(24(27)28)8-13(9-18(11)25(29)30)20(26)23-7-6-15-16(10-23)22-31-19(15)12-2-4-14(21)5-3-12/h2-5,8-9H,6-7,10H2,1H3. The fourth-order valence-electron chi connectivity index (χ4n) is 3.60. The minimum absolute atomic E-state index is 0.100. The van der Waals surface area contributed by atoms with Crippen LogP contribution in [0, 0.1) is 27.2 Å². The Morgan fingerprint density at radius 1 is 1.13 bits per heavy atom. The summed E-state index contributed by atoms with van der Waals surface area (Å²) in [5.74, 6) is 0.0493. The number of carbonyl (C=O) groups is 1. The molecular formula is C20H15ClN4O6. The molecule has 1 aromatic heterocycles. The Balaban J connectivity index is 1.63. The molecule has 158 valence electrons. The lowest BCUT2D eigenvalue weighted by molar-refractivity contribution is -0.395. The number of amides is 1. The molecule has 31 heavy (non-hydrogen) atoms. The summed E-state index contributed by atoms with van der Waals surface area (Å²) in [6.07, 6.45) is 0.457. The van der Waals surface area contributed by atoms with Gasteiger partial charge in [0.15, 0.2) is 5.76 Å². The van der Waals surface area contributed by atoms with Crippen LogP contribution in [-0.2, 0) is 13.0 Å². The van der Waals surface area contributed by atoms with E-state index < -0.39 is 27.1 Å². The molecule has 0 radical (unpaired) electrons.